The Morgan fingerprint density at radius 1 is 1.21 bits per heavy atom. The van der Waals surface area contributed by atoms with E-state index in [-0.39, 0.29) is 6.10 Å². The molecule has 4 nitrogen and oxygen atoms in total. The zero-order chi connectivity index (χ0) is 14.1. The lowest BCUT2D eigenvalue weighted by atomic mass is 10.1. The van der Waals surface area contributed by atoms with E-state index in [1.807, 2.05) is 26.0 Å². The molecule has 1 aromatic heterocycles. The number of hydrogen-bond donors (Lipinski definition) is 1. The van der Waals surface area contributed by atoms with Crippen LogP contribution in [0.3, 0.4) is 0 Å². The van der Waals surface area contributed by atoms with Gasteiger partial charge in [-0.1, -0.05) is 13.8 Å². The molecule has 19 heavy (non-hydrogen) atoms. The molecule has 0 amide bonds. The van der Waals surface area contributed by atoms with E-state index in [9.17, 15) is 0 Å². The molecule has 0 saturated heterocycles. The van der Waals surface area contributed by atoms with Gasteiger partial charge in [0.05, 0.1) is 24.6 Å². The Morgan fingerprint density at radius 3 is 2.53 bits per heavy atom. The quantitative estimate of drug-likeness (QED) is 0.698. The van der Waals surface area contributed by atoms with Gasteiger partial charge in [0.25, 0.3) is 0 Å². The van der Waals surface area contributed by atoms with Crippen LogP contribution in [0.1, 0.15) is 45.9 Å². The summed E-state index contributed by atoms with van der Waals surface area (Å²) in [6.45, 7) is 10.4. The van der Waals surface area contributed by atoms with Gasteiger partial charge in [0, 0.05) is 6.04 Å². The van der Waals surface area contributed by atoms with E-state index in [0.29, 0.717) is 19.3 Å². The third kappa shape index (κ3) is 6.03. The molecule has 0 bridgehead atoms. The molecule has 0 radical (unpaired) electrons. The molecule has 1 unspecified atom stereocenters. The maximum atomic E-state index is 5.58. The van der Waals surface area contributed by atoms with Crippen LogP contribution in [0.4, 0.5) is 0 Å². The molecule has 0 aliphatic rings. The van der Waals surface area contributed by atoms with Crippen molar-refractivity contribution in [2.45, 2.75) is 46.3 Å². The minimum absolute atomic E-state index is 0.245. The summed E-state index contributed by atoms with van der Waals surface area (Å²) in [4.78, 5) is 4.45. The molecule has 1 heterocycles. The molecule has 108 valence electrons. The number of ether oxygens (including phenoxy) is 2. The summed E-state index contributed by atoms with van der Waals surface area (Å²) in [5.41, 5.74) is 1.06. The summed E-state index contributed by atoms with van der Waals surface area (Å²) >= 11 is 0. The maximum absolute atomic E-state index is 5.58. The van der Waals surface area contributed by atoms with E-state index in [2.05, 4.69) is 24.1 Å². The third-order valence-electron chi connectivity index (χ3n) is 2.78. The highest BCUT2D eigenvalue weighted by Crippen LogP contribution is 2.17. The molecular formula is C15H26N2O2. The molecule has 0 saturated carbocycles. The van der Waals surface area contributed by atoms with Crippen LogP contribution in [0.2, 0.25) is 0 Å². The lowest BCUT2D eigenvalue weighted by Gasteiger charge is -2.15. The van der Waals surface area contributed by atoms with Gasteiger partial charge in [-0.05, 0) is 38.9 Å². The van der Waals surface area contributed by atoms with Crippen LogP contribution in [0.15, 0.2) is 18.3 Å². The molecule has 0 aliphatic heterocycles. The summed E-state index contributed by atoms with van der Waals surface area (Å²) < 4.78 is 11.0. The standard InChI is InChI=1S/C15H26N2O2/c1-5-14(16-6-2)15-8-7-13(11-17-15)19-10-9-18-12(3)4/h7-8,11-12,14,16H,5-6,9-10H2,1-4H3. The lowest BCUT2D eigenvalue weighted by Crippen LogP contribution is -2.21. The molecule has 0 fully saturated rings. The number of hydrogen-bond acceptors (Lipinski definition) is 4. The minimum Gasteiger partial charge on any atom is -0.490 e. The van der Waals surface area contributed by atoms with Crippen LogP contribution in [0, 0.1) is 0 Å². The number of pyridine rings is 1. The van der Waals surface area contributed by atoms with E-state index in [0.717, 1.165) is 24.4 Å². The van der Waals surface area contributed by atoms with Crippen LogP contribution < -0.4 is 10.1 Å². The Morgan fingerprint density at radius 2 is 2.00 bits per heavy atom. The van der Waals surface area contributed by atoms with E-state index in [4.69, 9.17) is 9.47 Å². The molecule has 0 spiro atoms. The van der Waals surface area contributed by atoms with Crippen molar-refractivity contribution >= 4 is 0 Å². The SMILES string of the molecule is CCNC(CC)c1ccc(OCCOC(C)C)cn1. The van der Waals surface area contributed by atoms with Crippen molar-refractivity contribution in [3.63, 3.8) is 0 Å². The zero-order valence-corrected chi connectivity index (χ0v) is 12.5. The predicted molar refractivity (Wildman–Crippen MR) is 77.5 cm³/mol. The first-order chi connectivity index (χ1) is 9.17. The van der Waals surface area contributed by atoms with Gasteiger partial charge in [0.15, 0.2) is 0 Å². The molecule has 1 atom stereocenters. The van der Waals surface area contributed by atoms with Gasteiger partial charge in [-0.2, -0.15) is 0 Å². The van der Waals surface area contributed by atoms with Crippen molar-refractivity contribution in [1.82, 2.24) is 10.3 Å². The first-order valence-corrected chi connectivity index (χ1v) is 7.11. The van der Waals surface area contributed by atoms with E-state index < -0.39 is 0 Å². The fourth-order valence-electron chi connectivity index (χ4n) is 1.83. The molecule has 0 aliphatic carbocycles. The van der Waals surface area contributed by atoms with Gasteiger partial charge >= 0.3 is 0 Å². The monoisotopic (exact) mass is 266 g/mol. The van der Waals surface area contributed by atoms with Crippen LogP contribution >= 0.6 is 0 Å². The summed E-state index contributed by atoms with van der Waals surface area (Å²) in [5, 5.41) is 3.41. The second-order valence-electron chi connectivity index (χ2n) is 4.71. The summed E-state index contributed by atoms with van der Waals surface area (Å²) in [5.74, 6) is 0.794. The number of nitrogens with one attached hydrogen (secondary N) is 1. The number of nitrogens with zero attached hydrogens (tertiary/aromatic N) is 1. The van der Waals surface area contributed by atoms with Gasteiger partial charge in [0.1, 0.15) is 12.4 Å². The molecule has 4 heteroatoms. The molecule has 0 aromatic carbocycles. The van der Waals surface area contributed by atoms with Crippen molar-refractivity contribution in [2.75, 3.05) is 19.8 Å². The fourth-order valence-corrected chi connectivity index (χ4v) is 1.83. The van der Waals surface area contributed by atoms with Crippen molar-refractivity contribution in [3.8, 4) is 5.75 Å². The van der Waals surface area contributed by atoms with Crippen molar-refractivity contribution in [2.24, 2.45) is 0 Å². The fraction of sp³-hybridized carbons (Fsp3) is 0.667. The average Bonchev–Trinajstić information content (AvgIpc) is 2.41. The molecule has 1 aromatic rings. The Balaban J connectivity index is 2.42. The van der Waals surface area contributed by atoms with Gasteiger partial charge in [0.2, 0.25) is 0 Å². The Labute approximate surface area is 116 Å². The largest absolute Gasteiger partial charge is 0.490 e. The second kappa shape index (κ2) is 8.88. The van der Waals surface area contributed by atoms with Crippen LogP contribution in [0.5, 0.6) is 5.75 Å². The Kier molecular flexibility index (Phi) is 7.45. The lowest BCUT2D eigenvalue weighted by molar-refractivity contribution is 0.0552. The van der Waals surface area contributed by atoms with E-state index in [1.165, 1.54) is 0 Å². The van der Waals surface area contributed by atoms with Gasteiger partial charge in [-0.15, -0.1) is 0 Å². The second-order valence-corrected chi connectivity index (χ2v) is 4.71. The van der Waals surface area contributed by atoms with E-state index in [1.54, 1.807) is 6.20 Å². The Bertz CT molecular complexity index is 339. The summed E-state index contributed by atoms with van der Waals surface area (Å²) in [7, 11) is 0. The summed E-state index contributed by atoms with van der Waals surface area (Å²) in [6.07, 6.45) is 3.06. The van der Waals surface area contributed by atoms with Crippen molar-refractivity contribution in [1.29, 1.82) is 0 Å². The highest BCUT2D eigenvalue weighted by atomic mass is 16.5. The minimum atomic E-state index is 0.245. The normalized spacial score (nSPS) is 12.7. The first kappa shape index (κ1) is 15.9. The number of aromatic nitrogens is 1. The van der Waals surface area contributed by atoms with Crippen LogP contribution in [-0.4, -0.2) is 30.8 Å². The smallest absolute Gasteiger partial charge is 0.137 e. The maximum Gasteiger partial charge on any atom is 0.137 e. The van der Waals surface area contributed by atoms with Crippen molar-refractivity contribution < 1.29 is 9.47 Å². The molecular weight excluding hydrogens is 240 g/mol. The zero-order valence-electron chi connectivity index (χ0n) is 12.5. The third-order valence-corrected chi connectivity index (χ3v) is 2.78. The van der Waals surface area contributed by atoms with Crippen LogP contribution in [0.25, 0.3) is 0 Å². The van der Waals surface area contributed by atoms with Gasteiger partial charge < -0.3 is 14.8 Å². The summed E-state index contributed by atoms with van der Waals surface area (Å²) in [6, 6.07) is 4.32. The van der Waals surface area contributed by atoms with E-state index >= 15 is 0 Å². The Hall–Kier alpha value is -1.13. The highest BCUT2D eigenvalue weighted by molar-refractivity contribution is 5.21. The molecule has 1 rings (SSSR count). The topological polar surface area (TPSA) is 43.4 Å². The van der Waals surface area contributed by atoms with Gasteiger partial charge in [-0.3, -0.25) is 4.98 Å². The highest BCUT2D eigenvalue weighted by Gasteiger charge is 2.08. The van der Waals surface area contributed by atoms with Crippen molar-refractivity contribution in [3.05, 3.63) is 24.0 Å². The van der Waals surface area contributed by atoms with Gasteiger partial charge in [-0.25, -0.2) is 0 Å². The first-order valence-electron chi connectivity index (χ1n) is 7.11. The number of rotatable bonds is 9. The predicted octanol–water partition coefficient (Wildman–Crippen LogP) is 2.95. The molecule has 1 N–H and O–H groups in total. The van der Waals surface area contributed by atoms with Crippen LogP contribution in [-0.2, 0) is 4.74 Å². The average molecular weight is 266 g/mol.